The van der Waals surface area contributed by atoms with Crippen molar-refractivity contribution in [2.75, 3.05) is 0 Å². The van der Waals surface area contributed by atoms with Crippen LogP contribution in [-0.4, -0.2) is 14.7 Å². The highest BCUT2D eigenvalue weighted by atomic mass is 16.3. The summed E-state index contributed by atoms with van der Waals surface area (Å²) in [5, 5.41) is 9.62. The van der Waals surface area contributed by atoms with Gasteiger partial charge in [0.15, 0.2) is 0 Å². The molecule has 0 aliphatic heterocycles. The number of phenolic OH excluding ortho intramolecular Hbond substituents is 1. The van der Waals surface area contributed by atoms with Gasteiger partial charge in [-0.25, -0.2) is 4.98 Å². The van der Waals surface area contributed by atoms with Gasteiger partial charge in [-0.2, -0.15) is 0 Å². The third-order valence-corrected chi connectivity index (χ3v) is 3.55. The Morgan fingerprint density at radius 3 is 2.53 bits per heavy atom. The quantitative estimate of drug-likeness (QED) is 0.719. The van der Waals surface area contributed by atoms with Gasteiger partial charge in [0, 0.05) is 12.6 Å². The summed E-state index contributed by atoms with van der Waals surface area (Å²) in [6, 6.07) is 11.7. The van der Waals surface area contributed by atoms with Crippen LogP contribution in [0.15, 0.2) is 36.4 Å². The highest BCUT2D eigenvalue weighted by molar-refractivity contribution is 5.83. The molecule has 3 rings (SSSR count). The van der Waals surface area contributed by atoms with Crippen molar-refractivity contribution in [1.82, 2.24) is 9.55 Å². The number of hydrogen-bond acceptors (Lipinski definition) is 2. The molecule has 0 fully saturated rings. The van der Waals surface area contributed by atoms with E-state index in [-0.39, 0.29) is 0 Å². The average molecular weight is 252 g/mol. The van der Waals surface area contributed by atoms with Gasteiger partial charge in [-0.1, -0.05) is 12.1 Å². The second kappa shape index (κ2) is 4.12. The van der Waals surface area contributed by atoms with Crippen LogP contribution in [0.3, 0.4) is 0 Å². The van der Waals surface area contributed by atoms with E-state index >= 15 is 0 Å². The lowest BCUT2D eigenvalue weighted by Gasteiger charge is -2.05. The Morgan fingerprint density at radius 2 is 1.84 bits per heavy atom. The molecule has 0 saturated heterocycles. The van der Waals surface area contributed by atoms with E-state index in [1.54, 1.807) is 6.07 Å². The predicted octanol–water partition coefficient (Wildman–Crippen LogP) is 3.56. The number of aromatic nitrogens is 2. The minimum atomic E-state index is 0.318. The van der Waals surface area contributed by atoms with Crippen LogP contribution in [0.2, 0.25) is 0 Å². The maximum Gasteiger partial charge on any atom is 0.140 e. The molecule has 3 heteroatoms. The highest BCUT2D eigenvalue weighted by Gasteiger charge is 2.11. The fourth-order valence-electron chi connectivity index (χ4n) is 2.52. The van der Waals surface area contributed by atoms with Gasteiger partial charge in [0.25, 0.3) is 0 Å². The molecule has 0 unspecified atom stereocenters. The first-order chi connectivity index (χ1) is 9.08. The molecule has 0 atom stereocenters. The van der Waals surface area contributed by atoms with Gasteiger partial charge >= 0.3 is 0 Å². The van der Waals surface area contributed by atoms with Gasteiger partial charge in [-0.3, -0.25) is 0 Å². The molecule has 1 aromatic heterocycles. The summed E-state index contributed by atoms with van der Waals surface area (Å²) in [5.41, 5.74) is 5.26. The molecule has 0 radical (unpaired) electrons. The van der Waals surface area contributed by atoms with E-state index in [0.717, 1.165) is 28.0 Å². The van der Waals surface area contributed by atoms with Gasteiger partial charge in [0.05, 0.1) is 11.0 Å². The number of hydrogen-bond donors (Lipinski definition) is 1. The number of nitrogens with zero attached hydrogens (tertiary/aromatic N) is 2. The van der Waals surface area contributed by atoms with Crippen molar-refractivity contribution >= 4 is 11.0 Å². The molecular weight excluding hydrogens is 236 g/mol. The van der Waals surface area contributed by atoms with Gasteiger partial charge < -0.3 is 9.67 Å². The van der Waals surface area contributed by atoms with Crippen LogP contribution < -0.4 is 0 Å². The summed E-state index contributed by atoms with van der Waals surface area (Å²) >= 11 is 0. The van der Waals surface area contributed by atoms with Crippen molar-refractivity contribution in [2.24, 2.45) is 7.05 Å². The number of benzene rings is 2. The van der Waals surface area contributed by atoms with Crippen molar-refractivity contribution in [3.8, 4) is 17.1 Å². The number of phenols is 1. The summed E-state index contributed by atoms with van der Waals surface area (Å²) in [6.07, 6.45) is 0. The normalized spacial score (nSPS) is 11.1. The number of aromatic hydroxyl groups is 1. The van der Waals surface area contributed by atoms with E-state index in [4.69, 9.17) is 4.98 Å². The summed E-state index contributed by atoms with van der Waals surface area (Å²) in [7, 11) is 2.03. The van der Waals surface area contributed by atoms with E-state index in [1.165, 1.54) is 5.56 Å². The van der Waals surface area contributed by atoms with Crippen LogP contribution in [0.5, 0.6) is 5.75 Å². The van der Waals surface area contributed by atoms with Gasteiger partial charge in [-0.05, 0) is 49.2 Å². The molecule has 0 amide bonds. The Balaban J connectivity index is 2.28. The van der Waals surface area contributed by atoms with Gasteiger partial charge in [0.1, 0.15) is 11.6 Å². The monoisotopic (exact) mass is 252 g/mol. The second-order valence-corrected chi connectivity index (χ2v) is 4.94. The van der Waals surface area contributed by atoms with Gasteiger partial charge in [0.2, 0.25) is 0 Å². The van der Waals surface area contributed by atoms with Crippen LogP contribution >= 0.6 is 0 Å². The zero-order valence-electron chi connectivity index (χ0n) is 11.3. The fourth-order valence-corrected chi connectivity index (χ4v) is 2.52. The van der Waals surface area contributed by atoms with Crippen molar-refractivity contribution in [3.05, 3.63) is 47.5 Å². The molecule has 0 bridgehead atoms. The summed E-state index contributed by atoms with van der Waals surface area (Å²) in [5.74, 6) is 1.24. The SMILES string of the molecule is Cc1cc(-c2nc3cccc(C)c3n2C)ccc1O. The molecule has 3 aromatic rings. The van der Waals surface area contributed by atoms with Crippen molar-refractivity contribution in [1.29, 1.82) is 0 Å². The number of fused-ring (bicyclic) bond motifs is 1. The van der Waals surface area contributed by atoms with Crippen LogP contribution in [0.4, 0.5) is 0 Å². The molecule has 0 spiro atoms. The number of para-hydroxylation sites is 1. The van der Waals surface area contributed by atoms with Crippen molar-refractivity contribution in [2.45, 2.75) is 13.8 Å². The van der Waals surface area contributed by atoms with Crippen LogP contribution in [0.1, 0.15) is 11.1 Å². The standard InChI is InChI=1S/C16H16N2O/c1-10-5-4-6-13-15(10)18(3)16(17-13)12-7-8-14(19)11(2)9-12/h4-9,19H,1-3H3. The number of aryl methyl sites for hydroxylation is 3. The zero-order valence-corrected chi connectivity index (χ0v) is 11.3. The Hall–Kier alpha value is -2.29. The van der Waals surface area contributed by atoms with Crippen LogP contribution in [0.25, 0.3) is 22.4 Å². The molecule has 3 nitrogen and oxygen atoms in total. The second-order valence-electron chi connectivity index (χ2n) is 4.94. The first kappa shape index (κ1) is 11.8. The van der Waals surface area contributed by atoms with Crippen molar-refractivity contribution in [3.63, 3.8) is 0 Å². The van der Waals surface area contributed by atoms with Crippen LogP contribution in [-0.2, 0) is 7.05 Å². The highest BCUT2D eigenvalue weighted by Crippen LogP contribution is 2.28. The molecule has 1 N–H and O–H groups in total. The van der Waals surface area contributed by atoms with E-state index in [9.17, 15) is 5.11 Å². The third-order valence-electron chi connectivity index (χ3n) is 3.55. The molecule has 2 aromatic carbocycles. The Bertz CT molecular complexity index is 772. The minimum Gasteiger partial charge on any atom is -0.508 e. The molecule has 1 heterocycles. The summed E-state index contributed by atoms with van der Waals surface area (Å²) in [4.78, 5) is 4.70. The molecule has 96 valence electrons. The summed E-state index contributed by atoms with van der Waals surface area (Å²) < 4.78 is 2.11. The zero-order chi connectivity index (χ0) is 13.6. The van der Waals surface area contributed by atoms with Crippen molar-refractivity contribution < 1.29 is 5.11 Å². The Labute approximate surface area is 112 Å². The molecule has 0 aliphatic carbocycles. The predicted molar refractivity (Wildman–Crippen MR) is 77.3 cm³/mol. The average Bonchev–Trinajstić information content (AvgIpc) is 2.72. The smallest absolute Gasteiger partial charge is 0.140 e. The maximum absolute atomic E-state index is 9.62. The lowest BCUT2D eigenvalue weighted by molar-refractivity contribution is 0.471. The summed E-state index contributed by atoms with van der Waals surface area (Å²) in [6.45, 7) is 3.99. The minimum absolute atomic E-state index is 0.318. The lowest BCUT2D eigenvalue weighted by Crippen LogP contribution is -1.94. The van der Waals surface area contributed by atoms with E-state index < -0.39 is 0 Å². The van der Waals surface area contributed by atoms with E-state index in [0.29, 0.717) is 5.75 Å². The largest absolute Gasteiger partial charge is 0.508 e. The topological polar surface area (TPSA) is 38.0 Å². The Morgan fingerprint density at radius 1 is 1.05 bits per heavy atom. The third kappa shape index (κ3) is 1.78. The lowest BCUT2D eigenvalue weighted by atomic mass is 10.1. The number of imidazole rings is 1. The molecule has 0 saturated carbocycles. The van der Waals surface area contributed by atoms with Gasteiger partial charge in [-0.15, -0.1) is 0 Å². The van der Waals surface area contributed by atoms with E-state index in [1.807, 2.05) is 38.2 Å². The number of rotatable bonds is 1. The fraction of sp³-hybridized carbons (Fsp3) is 0.188. The molecular formula is C16H16N2O. The Kier molecular flexibility index (Phi) is 2.56. The van der Waals surface area contributed by atoms with Crippen LogP contribution in [0, 0.1) is 13.8 Å². The molecule has 0 aliphatic rings. The van der Waals surface area contributed by atoms with E-state index in [2.05, 4.69) is 17.6 Å². The maximum atomic E-state index is 9.62. The first-order valence-corrected chi connectivity index (χ1v) is 6.30. The molecule has 19 heavy (non-hydrogen) atoms. The first-order valence-electron chi connectivity index (χ1n) is 6.30.